The zero-order valence-electron chi connectivity index (χ0n) is 11.9. The van der Waals surface area contributed by atoms with E-state index in [-0.39, 0.29) is 0 Å². The lowest BCUT2D eigenvalue weighted by Gasteiger charge is -2.01. The maximum atomic E-state index is 12.4. The second-order valence-electron chi connectivity index (χ2n) is 4.43. The Morgan fingerprint density at radius 2 is 1.75 bits per heavy atom. The Morgan fingerprint density at radius 3 is 2.25 bits per heavy atom. The number of aromatic amines is 1. The molecule has 2 nitrogen and oxygen atoms in total. The first-order chi connectivity index (χ1) is 9.42. The molecule has 2 aromatic rings. The first-order valence-corrected chi connectivity index (χ1v) is 6.64. The number of nitrogens with zero attached hydrogens (tertiary/aromatic N) is 1. The van der Waals surface area contributed by atoms with Crippen molar-refractivity contribution in [3.8, 4) is 11.3 Å². The second-order valence-corrected chi connectivity index (χ2v) is 4.43. The fourth-order valence-electron chi connectivity index (χ4n) is 1.57. The van der Waals surface area contributed by atoms with Crippen LogP contribution in [0.2, 0.25) is 0 Å². The van der Waals surface area contributed by atoms with Gasteiger partial charge in [0.1, 0.15) is 5.69 Å². The van der Waals surface area contributed by atoms with Gasteiger partial charge in [0.05, 0.1) is 5.69 Å². The molecule has 20 heavy (non-hydrogen) atoms. The number of alkyl halides is 3. The van der Waals surface area contributed by atoms with Gasteiger partial charge in [-0.1, -0.05) is 45.4 Å². The normalized spacial score (nSPS) is 10.9. The molecule has 0 spiro atoms. The van der Waals surface area contributed by atoms with Crippen LogP contribution in [0, 0.1) is 0 Å². The maximum Gasteiger partial charge on any atom is 0.432 e. The van der Waals surface area contributed by atoms with Crippen LogP contribution >= 0.6 is 0 Å². The Hall–Kier alpha value is -1.78. The molecule has 110 valence electrons. The standard InChI is InChI=1S/C12H11F3N2.C3H8/c1-2-8-4-3-5-9(6-8)10-7-11(17-16-10)12(13,14)15;1-3-2/h3-7H,2H2,1H3,(H,16,17);3H2,1-2H3. The molecule has 1 aromatic heterocycles. The SMILES string of the molecule is CCC.CCc1cccc(-c2cc(C(F)(F)F)[nH]n2)c1. The van der Waals surface area contributed by atoms with E-state index in [4.69, 9.17) is 0 Å². The summed E-state index contributed by atoms with van der Waals surface area (Å²) >= 11 is 0. The van der Waals surface area contributed by atoms with Gasteiger partial charge in [-0.2, -0.15) is 18.3 Å². The number of nitrogens with one attached hydrogen (secondary N) is 1. The van der Waals surface area contributed by atoms with Gasteiger partial charge in [0.2, 0.25) is 0 Å². The highest BCUT2D eigenvalue weighted by Crippen LogP contribution is 2.30. The van der Waals surface area contributed by atoms with Crippen LogP contribution in [0.4, 0.5) is 13.2 Å². The van der Waals surface area contributed by atoms with Crippen LogP contribution in [-0.2, 0) is 12.6 Å². The number of H-pyrrole nitrogens is 1. The summed E-state index contributed by atoms with van der Waals surface area (Å²) in [6, 6.07) is 8.36. The minimum Gasteiger partial charge on any atom is -0.273 e. The lowest BCUT2D eigenvalue weighted by Crippen LogP contribution is -2.04. The van der Waals surface area contributed by atoms with Gasteiger partial charge in [-0.15, -0.1) is 0 Å². The third-order valence-corrected chi connectivity index (χ3v) is 2.51. The molecule has 2 rings (SSSR count). The molecule has 0 unspecified atom stereocenters. The van der Waals surface area contributed by atoms with E-state index < -0.39 is 11.9 Å². The van der Waals surface area contributed by atoms with Crippen molar-refractivity contribution >= 4 is 0 Å². The fraction of sp³-hybridized carbons (Fsp3) is 0.400. The average Bonchev–Trinajstić information content (AvgIpc) is 2.89. The third kappa shape index (κ3) is 4.40. The van der Waals surface area contributed by atoms with E-state index in [1.54, 1.807) is 6.07 Å². The monoisotopic (exact) mass is 284 g/mol. The maximum absolute atomic E-state index is 12.4. The van der Waals surface area contributed by atoms with Crippen molar-refractivity contribution in [1.29, 1.82) is 0 Å². The topological polar surface area (TPSA) is 28.7 Å². The van der Waals surface area contributed by atoms with Crippen LogP contribution in [0.3, 0.4) is 0 Å². The van der Waals surface area contributed by atoms with E-state index in [0.29, 0.717) is 11.3 Å². The molecule has 1 aromatic carbocycles. The number of hydrogen-bond donors (Lipinski definition) is 1. The van der Waals surface area contributed by atoms with Gasteiger partial charge in [-0.25, -0.2) is 0 Å². The fourth-order valence-corrected chi connectivity index (χ4v) is 1.57. The Balaban J connectivity index is 0.000000612. The molecule has 0 aliphatic heterocycles. The predicted molar refractivity (Wildman–Crippen MR) is 74.4 cm³/mol. The van der Waals surface area contributed by atoms with Crippen molar-refractivity contribution in [3.63, 3.8) is 0 Å². The summed E-state index contributed by atoms with van der Waals surface area (Å²) in [6.07, 6.45) is -2.29. The molecule has 0 aliphatic rings. The highest BCUT2D eigenvalue weighted by atomic mass is 19.4. The van der Waals surface area contributed by atoms with Crippen molar-refractivity contribution in [2.45, 2.75) is 39.8 Å². The first kappa shape index (κ1) is 16.3. The van der Waals surface area contributed by atoms with Gasteiger partial charge in [0, 0.05) is 5.56 Å². The molecular formula is C15H19F3N2. The molecule has 5 heteroatoms. The van der Waals surface area contributed by atoms with Crippen LogP contribution in [0.5, 0.6) is 0 Å². The summed E-state index contributed by atoms with van der Waals surface area (Å²) in [4.78, 5) is 0. The summed E-state index contributed by atoms with van der Waals surface area (Å²) < 4.78 is 37.2. The average molecular weight is 284 g/mol. The number of rotatable bonds is 2. The summed E-state index contributed by atoms with van der Waals surface area (Å²) in [5.74, 6) is 0. The van der Waals surface area contributed by atoms with Crippen molar-refractivity contribution in [2.75, 3.05) is 0 Å². The van der Waals surface area contributed by atoms with E-state index in [2.05, 4.69) is 18.9 Å². The minimum absolute atomic E-state index is 0.313. The molecule has 0 saturated carbocycles. The number of hydrogen-bond acceptors (Lipinski definition) is 1. The van der Waals surface area contributed by atoms with Crippen LogP contribution < -0.4 is 0 Å². The molecule has 0 radical (unpaired) electrons. The number of halogens is 3. The Bertz CT molecular complexity index is 530. The lowest BCUT2D eigenvalue weighted by molar-refractivity contribution is -0.141. The molecule has 0 saturated heterocycles. The molecule has 0 atom stereocenters. The number of aryl methyl sites for hydroxylation is 1. The zero-order chi connectivity index (χ0) is 15.2. The predicted octanol–water partition coefficient (Wildman–Crippen LogP) is 5.07. The molecule has 1 heterocycles. The summed E-state index contributed by atoms with van der Waals surface area (Å²) in [5.41, 5.74) is 1.25. The van der Waals surface area contributed by atoms with Crippen molar-refractivity contribution in [2.24, 2.45) is 0 Å². The second kappa shape index (κ2) is 7.12. The molecule has 0 aliphatic carbocycles. The molecule has 0 fully saturated rings. The van der Waals surface area contributed by atoms with Crippen LogP contribution in [-0.4, -0.2) is 10.2 Å². The van der Waals surface area contributed by atoms with Gasteiger partial charge < -0.3 is 0 Å². The number of aromatic nitrogens is 2. The van der Waals surface area contributed by atoms with Crippen LogP contribution in [0.25, 0.3) is 11.3 Å². The van der Waals surface area contributed by atoms with E-state index in [1.807, 2.05) is 30.2 Å². The van der Waals surface area contributed by atoms with Gasteiger partial charge >= 0.3 is 6.18 Å². The quantitative estimate of drug-likeness (QED) is 0.819. The molecule has 0 amide bonds. The zero-order valence-corrected chi connectivity index (χ0v) is 11.9. The van der Waals surface area contributed by atoms with Gasteiger partial charge in [0.15, 0.2) is 0 Å². The first-order valence-electron chi connectivity index (χ1n) is 6.64. The van der Waals surface area contributed by atoms with E-state index >= 15 is 0 Å². The van der Waals surface area contributed by atoms with Crippen LogP contribution in [0.1, 0.15) is 38.4 Å². The van der Waals surface area contributed by atoms with Gasteiger partial charge in [-0.05, 0) is 24.1 Å². The highest BCUT2D eigenvalue weighted by molar-refractivity contribution is 5.60. The molecular weight excluding hydrogens is 265 g/mol. The lowest BCUT2D eigenvalue weighted by atomic mass is 10.1. The minimum atomic E-state index is -4.38. The smallest absolute Gasteiger partial charge is 0.273 e. The summed E-state index contributed by atoms with van der Waals surface area (Å²) in [7, 11) is 0. The Labute approximate surface area is 117 Å². The summed E-state index contributed by atoms with van der Waals surface area (Å²) in [5, 5.41) is 5.69. The Morgan fingerprint density at radius 1 is 1.10 bits per heavy atom. The molecule has 0 bridgehead atoms. The van der Waals surface area contributed by atoms with Gasteiger partial charge in [-0.3, -0.25) is 5.10 Å². The number of benzene rings is 1. The van der Waals surface area contributed by atoms with E-state index in [1.165, 1.54) is 6.42 Å². The van der Waals surface area contributed by atoms with Crippen LogP contribution in [0.15, 0.2) is 30.3 Å². The van der Waals surface area contributed by atoms with E-state index in [0.717, 1.165) is 18.1 Å². The summed E-state index contributed by atoms with van der Waals surface area (Å²) in [6.45, 7) is 6.24. The van der Waals surface area contributed by atoms with E-state index in [9.17, 15) is 13.2 Å². The molecule has 1 N–H and O–H groups in total. The van der Waals surface area contributed by atoms with Crippen molar-refractivity contribution in [1.82, 2.24) is 10.2 Å². The largest absolute Gasteiger partial charge is 0.432 e. The third-order valence-electron chi connectivity index (χ3n) is 2.51. The highest BCUT2D eigenvalue weighted by Gasteiger charge is 2.33. The van der Waals surface area contributed by atoms with Crippen molar-refractivity contribution in [3.05, 3.63) is 41.6 Å². The van der Waals surface area contributed by atoms with Gasteiger partial charge in [0.25, 0.3) is 0 Å². The Kier molecular flexibility index (Phi) is 5.80. The van der Waals surface area contributed by atoms with Crippen molar-refractivity contribution < 1.29 is 13.2 Å².